The first kappa shape index (κ1) is 33.1. The highest BCUT2D eigenvalue weighted by Crippen LogP contribution is 2.39. The average Bonchev–Trinajstić information content (AvgIpc) is 3.77. The SMILES string of the molecule is C/C=C(\C)OC.C/C=C\C.CNc1csc(-c2cc3cccc(C#N)c3o2)c1C(=O)O.O=Cc1cc2ccccc2o1. The monoisotopic (exact) mass is 586 g/mol. The number of methoxy groups -OCH3 is 1. The molecular formula is C33H34N2O6S. The number of aromatic carboxylic acids is 1. The second-order valence-corrected chi connectivity index (χ2v) is 9.31. The van der Waals surface area contributed by atoms with Gasteiger partial charge in [-0.3, -0.25) is 4.79 Å². The zero-order valence-electron chi connectivity index (χ0n) is 24.4. The second-order valence-electron chi connectivity index (χ2n) is 8.43. The van der Waals surface area contributed by atoms with Gasteiger partial charge in [-0.2, -0.15) is 5.26 Å². The van der Waals surface area contributed by atoms with Crippen LogP contribution in [0.5, 0.6) is 0 Å². The number of carboxylic acids is 1. The molecule has 8 nitrogen and oxygen atoms in total. The highest BCUT2D eigenvalue weighted by Gasteiger charge is 2.22. The van der Waals surface area contributed by atoms with E-state index in [2.05, 4.69) is 11.4 Å². The van der Waals surface area contributed by atoms with Crippen molar-refractivity contribution >= 4 is 51.2 Å². The molecular weight excluding hydrogens is 552 g/mol. The molecule has 0 saturated heterocycles. The summed E-state index contributed by atoms with van der Waals surface area (Å²) in [5.74, 6) is 0.786. The van der Waals surface area contributed by atoms with Crippen molar-refractivity contribution in [1.82, 2.24) is 0 Å². The number of ether oxygens (including phenoxy) is 1. The van der Waals surface area contributed by atoms with E-state index >= 15 is 0 Å². The van der Waals surface area contributed by atoms with Crippen LogP contribution in [0.15, 0.2) is 92.8 Å². The van der Waals surface area contributed by atoms with E-state index in [1.54, 1.807) is 43.8 Å². The third-order valence-electron chi connectivity index (χ3n) is 5.79. The van der Waals surface area contributed by atoms with E-state index in [-0.39, 0.29) is 5.56 Å². The maximum atomic E-state index is 11.4. The number of hydrogen-bond donors (Lipinski definition) is 2. The fourth-order valence-corrected chi connectivity index (χ4v) is 4.38. The van der Waals surface area contributed by atoms with Crippen LogP contribution in [0.3, 0.4) is 0 Å². The van der Waals surface area contributed by atoms with Gasteiger partial charge in [-0.1, -0.05) is 48.6 Å². The lowest BCUT2D eigenvalue weighted by Gasteiger charge is -2.00. The highest BCUT2D eigenvalue weighted by molar-refractivity contribution is 7.14. The number of carbonyl (C=O) groups excluding carboxylic acids is 1. The zero-order valence-corrected chi connectivity index (χ0v) is 25.2. The van der Waals surface area contributed by atoms with Gasteiger partial charge in [0.05, 0.1) is 29.0 Å². The lowest BCUT2D eigenvalue weighted by molar-refractivity contribution is 0.0699. The van der Waals surface area contributed by atoms with E-state index in [9.17, 15) is 14.7 Å². The second kappa shape index (κ2) is 16.9. The number of anilines is 1. The number of thiophene rings is 1. The molecule has 3 aromatic heterocycles. The first-order valence-electron chi connectivity index (χ1n) is 12.9. The summed E-state index contributed by atoms with van der Waals surface area (Å²) in [4.78, 5) is 22.3. The van der Waals surface area contributed by atoms with Crippen LogP contribution in [0.1, 0.15) is 54.2 Å². The highest BCUT2D eigenvalue weighted by atomic mass is 32.1. The first-order valence-corrected chi connectivity index (χ1v) is 13.8. The molecule has 218 valence electrons. The fraction of sp³-hybridized carbons (Fsp3) is 0.182. The zero-order chi connectivity index (χ0) is 31.1. The van der Waals surface area contributed by atoms with Gasteiger partial charge in [-0.25, -0.2) is 4.79 Å². The van der Waals surface area contributed by atoms with Crippen LogP contribution in [-0.4, -0.2) is 31.5 Å². The molecule has 9 heteroatoms. The van der Waals surface area contributed by atoms with Gasteiger partial charge in [0.2, 0.25) is 0 Å². The van der Waals surface area contributed by atoms with Crippen LogP contribution in [0.2, 0.25) is 0 Å². The van der Waals surface area contributed by atoms with Crippen LogP contribution in [-0.2, 0) is 4.74 Å². The molecule has 0 unspecified atom stereocenters. The van der Waals surface area contributed by atoms with Gasteiger partial charge in [0.25, 0.3) is 0 Å². The molecule has 0 amide bonds. The Kier molecular flexibility index (Phi) is 13.3. The van der Waals surface area contributed by atoms with Crippen LogP contribution < -0.4 is 5.32 Å². The molecule has 0 bridgehead atoms. The molecule has 42 heavy (non-hydrogen) atoms. The van der Waals surface area contributed by atoms with Gasteiger partial charge in [0.15, 0.2) is 17.6 Å². The Morgan fingerprint density at radius 3 is 2.26 bits per heavy atom. The molecule has 0 aliphatic carbocycles. The lowest BCUT2D eigenvalue weighted by atomic mass is 10.1. The lowest BCUT2D eigenvalue weighted by Crippen LogP contribution is -2.00. The van der Waals surface area contributed by atoms with Crippen molar-refractivity contribution in [2.24, 2.45) is 0 Å². The molecule has 5 aromatic rings. The Hall–Kier alpha value is -5.07. The molecule has 2 aromatic carbocycles. The number of fused-ring (bicyclic) bond motifs is 2. The largest absolute Gasteiger partial charge is 0.502 e. The smallest absolute Gasteiger partial charge is 0.339 e. The van der Waals surface area contributed by atoms with E-state index in [4.69, 9.17) is 18.8 Å². The molecule has 0 radical (unpaired) electrons. The maximum absolute atomic E-state index is 11.4. The van der Waals surface area contributed by atoms with Crippen molar-refractivity contribution in [3.05, 3.63) is 101 Å². The summed E-state index contributed by atoms with van der Waals surface area (Å²) in [7, 11) is 3.33. The summed E-state index contributed by atoms with van der Waals surface area (Å²) in [6, 6.07) is 18.3. The van der Waals surface area contributed by atoms with E-state index < -0.39 is 5.97 Å². The Morgan fingerprint density at radius 1 is 1.05 bits per heavy atom. The molecule has 3 heterocycles. The number of nitriles is 1. The molecule has 0 aliphatic rings. The summed E-state index contributed by atoms with van der Waals surface area (Å²) in [6.07, 6.45) is 6.62. The predicted octanol–water partition coefficient (Wildman–Crippen LogP) is 9.16. The standard InChI is InChI=1S/C15H10N2O3S.C9H6O2.C5H10O.C4H8/c1-17-10-7-21-14(12(10)15(18)19)11-5-8-3-2-4-9(6-16)13(8)20-11;10-6-8-5-7-3-1-2-4-9(7)11-8;1-4-5(2)6-3;1-3-4-2/h2-5,7,17H,1H3,(H,18,19);1-6H;4H,1-3H3;3-4H,1-2H3/b;;5-4+;4-3-. The van der Waals surface area contributed by atoms with Crippen molar-refractivity contribution in [3.8, 4) is 16.7 Å². The maximum Gasteiger partial charge on any atom is 0.339 e. The number of rotatable bonds is 5. The third-order valence-corrected chi connectivity index (χ3v) is 6.78. The molecule has 0 saturated carbocycles. The molecule has 0 fully saturated rings. The summed E-state index contributed by atoms with van der Waals surface area (Å²) < 4.78 is 15.6. The minimum Gasteiger partial charge on any atom is -0.502 e. The quantitative estimate of drug-likeness (QED) is 0.119. The van der Waals surface area contributed by atoms with Crippen LogP contribution >= 0.6 is 11.3 Å². The Balaban J connectivity index is 0.000000244. The molecule has 5 rings (SSSR count). The minimum absolute atomic E-state index is 0.181. The number of nitrogens with one attached hydrogen (secondary N) is 1. The van der Waals surface area contributed by atoms with Gasteiger partial charge >= 0.3 is 5.97 Å². The van der Waals surface area contributed by atoms with Gasteiger partial charge in [0, 0.05) is 23.2 Å². The molecule has 2 N–H and O–H groups in total. The fourth-order valence-electron chi connectivity index (χ4n) is 3.38. The number of carboxylic acid groups (broad SMARTS) is 1. The normalized spacial score (nSPS) is 10.5. The van der Waals surface area contributed by atoms with E-state index in [1.807, 2.05) is 76.3 Å². The number of benzene rings is 2. The van der Waals surface area contributed by atoms with Crippen molar-refractivity contribution in [2.45, 2.75) is 27.7 Å². The van der Waals surface area contributed by atoms with Gasteiger partial charge < -0.3 is 24.0 Å². The summed E-state index contributed by atoms with van der Waals surface area (Å²) in [5.41, 5.74) is 2.39. The van der Waals surface area contributed by atoms with Gasteiger partial charge in [-0.15, -0.1) is 11.3 Å². The number of allylic oxidation sites excluding steroid dienone is 4. The molecule has 0 atom stereocenters. The Morgan fingerprint density at radius 2 is 1.74 bits per heavy atom. The number of nitrogens with zero attached hydrogens (tertiary/aromatic N) is 1. The van der Waals surface area contributed by atoms with E-state index in [0.717, 1.165) is 22.1 Å². The number of aldehydes is 1. The van der Waals surface area contributed by atoms with Crippen LogP contribution in [0.4, 0.5) is 5.69 Å². The van der Waals surface area contributed by atoms with Crippen molar-refractivity contribution in [3.63, 3.8) is 0 Å². The first-order chi connectivity index (χ1) is 20.3. The topological polar surface area (TPSA) is 126 Å². The third kappa shape index (κ3) is 8.71. The summed E-state index contributed by atoms with van der Waals surface area (Å²) >= 11 is 1.29. The summed E-state index contributed by atoms with van der Waals surface area (Å²) in [6.45, 7) is 7.86. The Labute approximate surface area is 249 Å². The number of carbonyl (C=O) groups is 2. The number of furan rings is 2. The van der Waals surface area contributed by atoms with Crippen molar-refractivity contribution < 1.29 is 28.3 Å². The summed E-state index contributed by atoms with van der Waals surface area (Å²) in [5, 5.41) is 24.8. The van der Waals surface area contributed by atoms with Gasteiger partial charge in [-0.05, 0) is 52.0 Å². The number of para-hydroxylation sites is 2. The number of hydrogen-bond acceptors (Lipinski definition) is 8. The van der Waals surface area contributed by atoms with Crippen molar-refractivity contribution in [1.29, 1.82) is 5.26 Å². The minimum atomic E-state index is -1.02. The van der Waals surface area contributed by atoms with Crippen molar-refractivity contribution in [2.75, 3.05) is 19.5 Å². The predicted molar refractivity (Wildman–Crippen MR) is 169 cm³/mol. The molecule has 0 spiro atoms. The van der Waals surface area contributed by atoms with Crippen LogP contribution in [0, 0.1) is 11.3 Å². The van der Waals surface area contributed by atoms with E-state index in [0.29, 0.717) is 39.5 Å². The Bertz CT molecular complexity index is 1680. The van der Waals surface area contributed by atoms with Gasteiger partial charge in [0.1, 0.15) is 23.0 Å². The molecule has 0 aliphatic heterocycles. The average molecular weight is 587 g/mol. The van der Waals surface area contributed by atoms with Crippen LogP contribution in [0.25, 0.3) is 32.6 Å². The van der Waals surface area contributed by atoms with E-state index in [1.165, 1.54) is 11.3 Å².